The number of hydrogen-bond acceptors (Lipinski definition) is 5. The molecule has 1 aromatic carbocycles. The molecule has 1 aliphatic rings. The van der Waals surface area contributed by atoms with E-state index in [0.717, 1.165) is 11.3 Å². The summed E-state index contributed by atoms with van der Waals surface area (Å²) in [6.45, 7) is 2.33. The molecule has 1 heterocycles. The van der Waals surface area contributed by atoms with Crippen LogP contribution in [-0.2, 0) is 14.9 Å². The Bertz CT molecular complexity index is 572. The van der Waals surface area contributed by atoms with E-state index in [1.54, 1.807) is 19.0 Å². The Morgan fingerprint density at radius 1 is 1.33 bits per heavy atom. The van der Waals surface area contributed by atoms with Crippen molar-refractivity contribution in [2.45, 2.75) is 18.2 Å². The molecule has 21 heavy (non-hydrogen) atoms. The summed E-state index contributed by atoms with van der Waals surface area (Å²) in [5.74, 6) is 0. The van der Waals surface area contributed by atoms with E-state index < -0.39 is 15.3 Å². The Kier molecular flexibility index (Phi) is 4.88. The van der Waals surface area contributed by atoms with Crippen LogP contribution in [0.4, 0.5) is 5.69 Å². The van der Waals surface area contributed by atoms with Crippen LogP contribution in [0.25, 0.3) is 0 Å². The molecule has 1 N–H and O–H groups in total. The lowest BCUT2D eigenvalue weighted by molar-refractivity contribution is -0.110. The molecule has 0 aromatic heterocycles. The van der Waals surface area contributed by atoms with Crippen LogP contribution in [0, 0.1) is 0 Å². The van der Waals surface area contributed by atoms with Crippen molar-refractivity contribution in [3.05, 3.63) is 29.8 Å². The largest absolute Gasteiger partial charge is 0.378 e. The molecule has 1 aromatic rings. The summed E-state index contributed by atoms with van der Waals surface area (Å²) in [5.41, 5.74) is 2.01. The Hall–Kier alpha value is -1.15. The lowest BCUT2D eigenvalue weighted by Gasteiger charge is -2.23. The van der Waals surface area contributed by atoms with Crippen molar-refractivity contribution in [3.8, 4) is 0 Å². The van der Waals surface area contributed by atoms with Gasteiger partial charge >= 0.3 is 0 Å². The minimum atomic E-state index is -3.39. The van der Waals surface area contributed by atoms with Gasteiger partial charge in [-0.15, -0.1) is 0 Å². The van der Waals surface area contributed by atoms with Gasteiger partial charge in [-0.25, -0.2) is 13.1 Å². The van der Waals surface area contributed by atoms with Crippen LogP contribution in [0.15, 0.2) is 24.3 Å². The molecule has 0 aliphatic carbocycles. The van der Waals surface area contributed by atoms with Gasteiger partial charge in [-0.1, -0.05) is 19.1 Å². The minimum Gasteiger partial charge on any atom is -0.378 e. The highest BCUT2D eigenvalue weighted by Crippen LogP contribution is 2.33. The highest BCUT2D eigenvalue weighted by atomic mass is 32.2. The summed E-state index contributed by atoms with van der Waals surface area (Å²) in [5, 5.41) is 1.03. The molecular formula is C14H23N3O3S. The molecule has 0 bridgehead atoms. The zero-order chi connectivity index (χ0) is 15.6. The molecule has 0 amide bonds. The lowest BCUT2D eigenvalue weighted by atomic mass is 10.0. The fourth-order valence-corrected chi connectivity index (χ4v) is 4.08. The fourth-order valence-electron chi connectivity index (χ4n) is 2.56. The average molecular weight is 313 g/mol. The monoisotopic (exact) mass is 313 g/mol. The third-order valence-electron chi connectivity index (χ3n) is 3.68. The molecule has 0 spiro atoms. The van der Waals surface area contributed by atoms with Crippen LogP contribution >= 0.6 is 0 Å². The first-order valence-electron chi connectivity index (χ1n) is 6.98. The third-order valence-corrected chi connectivity index (χ3v) is 5.56. The predicted octanol–water partition coefficient (Wildman–Crippen LogP) is 0.979. The molecule has 2 atom stereocenters. The van der Waals surface area contributed by atoms with Gasteiger partial charge in [-0.3, -0.25) is 4.84 Å². The van der Waals surface area contributed by atoms with E-state index in [9.17, 15) is 8.42 Å². The van der Waals surface area contributed by atoms with Crippen molar-refractivity contribution in [1.29, 1.82) is 0 Å². The second-order valence-corrected chi connectivity index (χ2v) is 7.34. The molecule has 1 fully saturated rings. The molecule has 118 valence electrons. The molecule has 1 saturated heterocycles. The molecule has 0 saturated carbocycles. The fraction of sp³-hybridized carbons (Fsp3) is 0.571. The molecule has 1 aliphatic heterocycles. The Morgan fingerprint density at radius 2 is 1.95 bits per heavy atom. The van der Waals surface area contributed by atoms with E-state index in [2.05, 4.69) is 4.72 Å². The van der Waals surface area contributed by atoms with Crippen LogP contribution < -0.4 is 9.62 Å². The summed E-state index contributed by atoms with van der Waals surface area (Å²) in [7, 11) is 2.32. The topological polar surface area (TPSA) is 61.9 Å². The van der Waals surface area contributed by atoms with Gasteiger partial charge in [-0.05, 0) is 17.7 Å². The Morgan fingerprint density at radius 3 is 2.48 bits per heavy atom. The summed E-state index contributed by atoms with van der Waals surface area (Å²) in [4.78, 5) is 7.45. The first-order chi connectivity index (χ1) is 9.86. The minimum absolute atomic E-state index is 0.173. The van der Waals surface area contributed by atoms with E-state index in [1.807, 2.05) is 43.3 Å². The molecule has 7 heteroatoms. The highest BCUT2D eigenvalue weighted by Gasteiger charge is 2.42. The van der Waals surface area contributed by atoms with Gasteiger partial charge < -0.3 is 4.90 Å². The predicted molar refractivity (Wildman–Crippen MR) is 83.6 cm³/mol. The number of anilines is 1. The van der Waals surface area contributed by atoms with E-state index in [0.29, 0.717) is 6.54 Å². The van der Waals surface area contributed by atoms with Gasteiger partial charge in [0.2, 0.25) is 10.0 Å². The smallest absolute Gasteiger partial charge is 0.218 e. The molecule has 0 radical (unpaired) electrons. The maximum absolute atomic E-state index is 12.3. The van der Waals surface area contributed by atoms with Gasteiger partial charge in [0, 0.05) is 33.4 Å². The number of hydrogen-bond donors (Lipinski definition) is 1. The summed E-state index contributed by atoms with van der Waals surface area (Å²) >= 11 is 0. The molecule has 0 unspecified atom stereocenters. The summed E-state index contributed by atoms with van der Waals surface area (Å²) in [6, 6.07) is 7.58. The van der Waals surface area contributed by atoms with Crippen LogP contribution in [0.3, 0.4) is 0 Å². The van der Waals surface area contributed by atoms with Crippen molar-refractivity contribution < 1.29 is 13.3 Å². The normalized spacial score (nSPS) is 23.4. The standard InChI is InChI=1S/C14H23N3O3S/c1-5-15-21(18,19)13-10-20-17(4)14(13)11-6-8-12(9-7-11)16(2)3/h6-9,13-15H,5,10H2,1-4H3/t13-,14+/m1/s1. The second kappa shape index (κ2) is 6.31. The number of rotatable bonds is 5. The van der Waals surface area contributed by atoms with Gasteiger partial charge in [0.25, 0.3) is 0 Å². The summed E-state index contributed by atoms with van der Waals surface area (Å²) in [6.07, 6.45) is 0. The van der Waals surface area contributed by atoms with Crippen molar-refractivity contribution in [2.24, 2.45) is 0 Å². The Labute approximate surface area is 126 Å². The number of nitrogens with one attached hydrogen (secondary N) is 1. The van der Waals surface area contributed by atoms with Gasteiger partial charge in [-0.2, -0.15) is 5.06 Å². The number of benzene rings is 1. The summed E-state index contributed by atoms with van der Waals surface area (Å²) < 4.78 is 27.2. The quantitative estimate of drug-likeness (QED) is 0.878. The highest BCUT2D eigenvalue weighted by molar-refractivity contribution is 7.90. The molecule has 2 rings (SSSR count). The van der Waals surface area contributed by atoms with Crippen LogP contribution in [0.2, 0.25) is 0 Å². The van der Waals surface area contributed by atoms with Crippen LogP contribution in [0.1, 0.15) is 18.5 Å². The van der Waals surface area contributed by atoms with E-state index in [-0.39, 0.29) is 12.6 Å². The van der Waals surface area contributed by atoms with Gasteiger partial charge in [0.15, 0.2) is 0 Å². The second-order valence-electron chi connectivity index (χ2n) is 5.35. The van der Waals surface area contributed by atoms with Crippen LogP contribution in [-0.4, -0.2) is 53.0 Å². The van der Waals surface area contributed by atoms with E-state index >= 15 is 0 Å². The number of sulfonamides is 1. The zero-order valence-electron chi connectivity index (χ0n) is 12.9. The Balaban J connectivity index is 2.30. The average Bonchev–Trinajstić information content (AvgIpc) is 2.81. The lowest BCUT2D eigenvalue weighted by Crippen LogP contribution is -2.39. The van der Waals surface area contributed by atoms with Crippen molar-refractivity contribution in [2.75, 3.05) is 39.2 Å². The van der Waals surface area contributed by atoms with E-state index in [1.165, 1.54) is 0 Å². The maximum atomic E-state index is 12.3. The zero-order valence-corrected chi connectivity index (χ0v) is 13.7. The first kappa shape index (κ1) is 16.2. The molecular weight excluding hydrogens is 290 g/mol. The number of hydroxylamine groups is 2. The third kappa shape index (κ3) is 3.37. The first-order valence-corrected chi connectivity index (χ1v) is 8.53. The van der Waals surface area contributed by atoms with Gasteiger partial charge in [0.05, 0.1) is 12.6 Å². The number of nitrogens with zero attached hydrogens (tertiary/aromatic N) is 2. The van der Waals surface area contributed by atoms with Crippen molar-refractivity contribution in [1.82, 2.24) is 9.79 Å². The van der Waals surface area contributed by atoms with Crippen molar-refractivity contribution in [3.63, 3.8) is 0 Å². The van der Waals surface area contributed by atoms with Crippen LogP contribution in [0.5, 0.6) is 0 Å². The van der Waals surface area contributed by atoms with Gasteiger partial charge in [0.1, 0.15) is 5.25 Å². The SMILES string of the molecule is CCNS(=O)(=O)[C@@H]1CON(C)[C@H]1c1ccc(N(C)C)cc1. The molecule has 6 nitrogen and oxygen atoms in total. The van der Waals surface area contributed by atoms with Crippen molar-refractivity contribution >= 4 is 15.7 Å². The maximum Gasteiger partial charge on any atom is 0.218 e. The van der Waals surface area contributed by atoms with E-state index in [4.69, 9.17) is 4.84 Å².